The maximum Gasteiger partial charge on any atom is 0.336 e. The second-order valence-electron chi connectivity index (χ2n) is 7.38. The van der Waals surface area contributed by atoms with Gasteiger partial charge in [0.25, 0.3) is 0 Å². The van der Waals surface area contributed by atoms with Gasteiger partial charge in [-0.3, -0.25) is 0 Å². The Morgan fingerprint density at radius 1 is 0.741 bits per heavy atom. The summed E-state index contributed by atoms with van der Waals surface area (Å²) in [6.45, 7) is 4.13. The van der Waals surface area contributed by atoms with E-state index < -0.39 is 11.9 Å². The first-order chi connectivity index (χ1) is 13.0. The quantitative estimate of drug-likeness (QED) is 0.343. The first kappa shape index (κ1) is 23.2. The Labute approximate surface area is 164 Å². The number of benzene rings is 1. The molecule has 1 aromatic rings. The van der Waals surface area contributed by atoms with E-state index in [4.69, 9.17) is 0 Å². The number of hydrogen-bond donors (Lipinski definition) is 2. The van der Waals surface area contributed by atoms with Crippen LogP contribution in [0.3, 0.4) is 0 Å². The van der Waals surface area contributed by atoms with Crippen molar-refractivity contribution < 1.29 is 19.8 Å². The van der Waals surface area contributed by atoms with Crippen molar-refractivity contribution in [3.8, 4) is 0 Å². The lowest BCUT2D eigenvalue weighted by atomic mass is 9.91. The van der Waals surface area contributed by atoms with Crippen LogP contribution in [0.15, 0.2) is 12.1 Å². The van der Waals surface area contributed by atoms with E-state index in [1.165, 1.54) is 63.9 Å². The zero-order valence-electron chi connectivity index (χ0n) is 17.1. The van der Waals surface area contributed by atoms with Crippen LogP contribution in [0.25, 0.3) is 0 Å². The maximum absolute atomic E-state index is 11.6. The summed E-state index contributed by atoms with van der Waals surface area (Å²) in [7, 11) is 0. The molecule has 0 saturated heterocycles. The molecule has 0 aliphatic heterocycles. The number of unbranched alkanes of at least 4 members (excludes halogenated alkanes) is 10. The van der Waals surface area contributed by atoms with E-state index in [9.17, 15) is 19.8 Å². The van der Waals surface area contributed by atoms with Gasteiger partial charge >= 0.3 is 11.9 Å². The molecule has 0 spiro atoms. The summed E-state index contributed by atoms with van der Waals surface area (Å²) in [5.41, 5.74) is 1.51. The van der Waals surface area contributed by atoms with E-state index in [0.29, 0.717) is 12.0 Å². The lowest BCUT2D eigenvalue weighted by Crippen LogP contribution is -2.13. The highest BCUT2D eigenvalue weighted by atomic mass is 16.4. The normalized spacial score (nSPS) is 10.9. The highest BCUT2D eigenvalue weighted by molar-refractivity contribution is 6.03. The number of carboxylic acids is 2. The summed E-state index contributed by atoms with van der Waals surface area (Å²) in [6.07, 6.45) is 15.4. The topological polar surface area (TPSA) is 74.6 Å². The monoisotopic (exact) mass is 376 g/mol. The smallest absolute Gasteiger partial charge is 0.336 e. The first-order valence-electron chi connectivity index (χ1n) is 10.6. The number of carbonyl (C=O) groups is 2. The van der Waals surface area contributed by atoms with Crippen LogP contribution in [0.2, 0.25) is 0 Å². The van der Waals surface area contributed by atoms with Crippen LogP contribution in [0.1, 0.15) is 116 Å². The number of rotatable bonds is 15. The molecule has 1 rings (SSSR count). The highest BCUT2D eigenvalue weighted by Gasteiger charge is 2.21. The average Bonchev–Trinajstić information content (AvgIpc) is 2.65. The molecule has 0 unspecified atom stereocenters. The van der Waals surface area contributed by atoms with Crippen molar-refractivity contribution in [3.63, 3.8) is 0 Å². The van der Waals surface area contributed by atoms with Crippen molar-refractivity contribution >= 4 is 11.9 Å². The van der Waals surface area contributed by atoms with Crippen LogP contribution in [0, 0.1) is 0 Å². The molecule has 0 heterocycles. The van der Waals surface area contributed by atoms with E-state index in [0.717, 1.165) is 24.8 Å². The Morgan fingerprint density at radius 3 is 1.70 bits per heavy atom. The minimum Gasteiger partial charge on any atom is -0.478 e. The molecular weight excluding hydrogens is 340 g/mol. The van der Waals surface area contributed by atoms with Gasteiger partial charge in [-0.1, -0.05) is 84.1 Å². The molecule has 0 aliphatic rings. The molecule has 0 atom stereocenters. The molecular formula is C23H36O4. The SMILES string of the molecule is CCCCCCCCCCCCCc1ccc(C(=O)O)c(C(=O)O)c1CC. The van der Waals surface area contributed by atoms with Gasteiger partial charge in [0.1, 0.15) is 0 Å². The van der Waals surface area contributed by atoms with Crippen molar-refractivity contribution in [1.82, 2.24) is 0 Å². The van der Waals surface area contributed by atoms with Gasteiger partial charge in [-0.25, -0.2) is 9.59 Å². The third-order valence-electron chi connectivity index (χ3n) is 5.26. The first-order valence-corrected chi connectivity index (χ1v) is 10.6. The summed E-state index contributed by atoms with van der Waals surface area (Å²) in [5.74, 6) is -2.33. The molecule has 2 N–H and O–H groups in total. The molecule has 27 heavy (non-hydrogen) atoms. The minimum atomic E-state index is -1.18. The fourth-order valence-corrected chi connectivity index (χ4v) is 3.73. The third kappa shape index (κ3) is 8.15. The molecule has 1 aromatic carbocycles. The van der Waals surface area contributed by atoms with Gasteiger partial charge < -0.3 is 10.2 Å². The molecule has 0 aromatic heterocycles. The highest BCUT2D eigenvalue weighted by Crippen LogP contribution is 2.23. The molecule has 0 aliphatic carbocycles. The van der Waals surface area contributed by atoms with E-state index in [2.05, 4.69) is 6.92 Å². The molecule has 4 nitrogen and oxygen atoms in total. The molecule has 152 valence electrons. The number of aryl methyl sites for hydroxylation is 1. The second-order valence-corrected chi connectivity index (χ2v) is 7.38. The maximum atomic E-state index is 11.6. The van der Waals surface area contributed by atoms with Crippen molar-refractivity contribution in [1.29, 1.82) is 0 Å². The summed E-state index contributed by atoms with van der Waals surface area (Å²) >= 11 is 0. The van der Waals surface area contributed by atoms with Crippen molar-refractivity contribution in [3.05, 3.63) is 34.4 Å². The molecule has 0 saturated carbocycles. The van der Waals surface area contributed by atoms with Gasteiger partial charge in [-0.2, -0.15) is 0 Å². The van der Waals surface area contributed by atoms with Gasteiger partial charge in [0.2, 0.25) is 0 Å². The summed E-state index contributed by atoms with van der Waals surface area (Å²) in [6, 6.07) is 3.24. The van der Waals surface area contributed by atoms with Crippen LogP contribution < -0.4 is 0 Å². The molecule has 0 amide bonds. The summed E-state index contributed by atoms with van der Waals surface area (Å²) in [5, 5.41) is 18.7. The zero-order chi connectivity index (χ0) is 20.1. The predicted octanol–water partition coefficient (Wildman–Crippen LogP) is 6.50. The van der Waals surface area contributed by atoms with Crippen LogP contribution >= 0.6 is 0 Å². The van der Waals surface area contributed by atoms with Gasteiger partial charge in [0, 0.05) is 0 Å². The number of carboxylic acid groups (broad SMARTS) is 2. The van der Waals surface area contributed by atoms with E-state index >= 15 is 0 Å². The molecule has 0 fully saturated rings. The predicted molar refractivity (Wildman–Crippen MR) is 110 cm³/mol. The van der Waals surface area contributed by atoms with Crippen molar-refractivity contribution in [2.45, 2.75) is 97.3 Å². The van der Waals surface area contributed by atoms with E-state index in [1.807, 2.05) is 6.92 Å². The number of hydrogen-bond acceptors (Lipinski definition) is 2. The van der Waals surface area contributed by atoms with Crippen molar-refractivity contribution in [2.75, 3.05) is 0 Å². The van der Waals surface area contributed by atoms with Gasteiger partial charge in [0.05, 0.1) is 11.1 Å². The van der Waals surface area contributed by atoms with Crippen LogP contribution in [-0.2, 0) is 12.8 Å². The van der Waals surface area contributed by atoms with E-state index in [1.54, 1.807) is 6.07 Å². The Bertz CT molecular complexity index is 592. The Balaban J connectivity index is 2.39. The lowest BCUT2D eigenvalue weighted by Gasteiger charge is -2.13. The Morgan fingerprint density at radius 2 is 1.26 bits per heavy atom. The largest absolute Gasteiger partial charge is 0.478 e. The van der Waals surface area contributed by atoms with Crippen LogP contribution in [0.4, 0.5) is 0 Å². The van der Waals surface area contributed by atoms with Gasteiger partial charge in [0.15, 0.2) is 0 Å². The fraction of sp³-hybridized carbons (Fsp3) is 0.652. The van der Waals surface area contributed by atoms with E-state index in [-0.39, 0.29) is 11.1 Å². The summed E-state index contributed by atoms with van der Waals surface area (Å²) in [4.78, 5) is 22.9. The minimum absolute atomic E-state index is 0.0365. The Hall–Kier alpha value is -1.84. The van der Waals surface area contributed by atoms with Gasteiger partial charge in [-0.15, -0.1) is 0 Å². The Kier molecular flexibility index (Phi) is 11.5. The molecule has 0 bridgehead atoms. The molecule has 0 radical (unpaired) electrons. The standard InChI is InChI=1S/C23H36O4/c1-3-5-6-7-8-9-10-11-12-13-14-15-18-16-17-20(22(24)25)21(23(26)27)19(18)4-2/h16-17H,3-15H2,1-2H3,(H,24,25)(H,26,27). The number of aromatic carboxylic acids is 2. The molecule has 4 heteroatoms. The third-order valence-corrected chi connectivity index (χ3v) is 5.26. The lowest BCUT2D eigenvalue weighted by molar-refractivity contribution is 0.0650. The van der Waals surface area contributed by atoms with Crippen molar-refractivity contribution in [2.24, 2.45) is 0 Å². The second kappa shape index (κ2) is 13.3. The van der Waals surface area contributed by atoms with Gasteiger partial charge in [-0.05, 0) is 36.5 Å². The average molecular weight is 377 g/mol. The fourth-order valence-electron chi connectivity index (χ4n) is 3.73. The summed E-state index contributed by atoms with van der Waals surface area (Å²) < 4.78 is 0. The zero-order valence-corrected chi connectivity index (χ0v) is 17.1. The van der Waals surface area contributed by atoms with Crippen LogP contribution in [-0.4, -0.2) is 22.2 Å². The van der Waals surface area contributed by atoms with Crippen LogP contribution in [0.5, 0.6) is 0 Å².